The summed E-state index contributed by atoms with van der Waals surface area (Å²) in [6, 6.07) is 4.25. The maximum atomic E-state index is 10.9. The molecule has 0 aliphatic carbocycles. The number of benzene rings is 1. The molecule has 0 aromatic heterocycles. The van der Waals surface area contributed by atoms with Crippen LogP contribution >= 0.6 is 0 Å². The second-order valence-electron chi connectivity index (χ2n) is 2.91. The van der Waals surface area contributed by atoms with Crippen molar-refractivity contribution in [3.05, 3.63) is 38.9 Å². The lowest BCUT2D eigenvalue weighted by Crippen LogP contribution is -2.29. The molecular formula is C9H6N2O3. The molecular weight excluding hydrogens is 184 g/mol. The van der Waals surface area contributed by atoms with Crippen molar-refractivity contribution in [3.63, 3.8) is 0 Å². The summed E-state index contributed by atoms with van der Waals surface area (Å²) in [5.74, 6) is -0.216. The van der Waals surface area contributed by atoms with Crippen LogP contribution in [0, 0.1) is 10.1 Å². The number of nitro groups is 1. The van der Waals surface area contributed by atoms with Gasteiger partial charge in [0, 0.05) is 23.8 Å². The Morgan fingerprint density at radius 1 is 1.43 bits per heavy atom. The minimum atomic E-state index is -0.468. The summed E-state index contributed by atoms with van der Waals surface area (Å²) < 4.78 is 0. The van der Waals surface area contributed by atoms with Crippen LogP contribution < -0.4 is 10.6 Å². The predicted octanol–water partition coefficient (Wildman–Crippen LogP) is -0.0748. The topological polar surface area (TPSA) is 72.6 Å². The standard InChI is InChI=1S/C9H6N2O3/c12-9-4-1-6-5-7(11(13)14)2-3-8(6)10-9/h1-3,5H,4H2. The molecule has 0 fully saturated rings. The lowest BCUT2D eigenvalue weighted by molar-refractivity contribution is -0.385. The van der Waals surface area contributed by atoms with Crippen molar-refractivity contribution in [3.8, 4) is 0 Å². The number of amides is 1. The van der Waals surface area contributed by atoms with Gasteiger partial charge in [-0.1, -0.05) is 6.08 Å². The number of nitro benzene ring substituents is 1. The highest BCUT2D eigenvalue weighted by molar-refractivity contribution is 5.83. The van der Waals surface area contributed by atoms with Crippen LogP contribution in [0.25, 0.3) is 6.08 Å². The third kappa shape index (κ3) is 1.39. The van der Waals surface area contributed by atoms with E-state index in [0.29, 0.717) is 10.6 Å². The van der Waals surface area contributed by atoms with Gasteiger partial charge in [0.2, 0.25) is 5.91 Å². The van der Waals surface area contributed by atoms with E-state index in [0.717, 1.165) is 0 Å². The summed E-state index contributed by atoms with van der Waals surface area (Å²) in [5.41, 5.74) is 0.0181. The minimum absolute atomic E-state index is 0.0181. The highest BCUT2D eigenvalue weighted by atomic mass is 16.6. The van der Waals surface area contributed by atoms with Crippen LogP contribution in [0.4, 0.5) is 5.69 Å². The van der Waals surface area contributed by atoms with Crippen molar-refractivity contribution < 1.29 is 9.72 Å². The van der Waals surface area contributed by atoms with Crippen molar-refractivity contribution in [2.24, 2.45) is 4.99 Å². The maximum absolute atomic E-state index is 10.9. The molecule has 2 rings (SSSR count). The number of rotatable bonds is 1. The number of carbonyl (C=O) groups excluding carboxylic acids is 1. The van der Waals surface area contributed by atoms with Crippen LogP contribution in [0.3, 0.4) is 0 Å². The summed E-state index contributed by atoms with van der Waals surface area (Å²) in [5, 5.41) is 11.6. The first-order valence-electron chi connectivity index (χ1n) is 4.03. The fraction of sp³-hybridized carbons (Fsp3) is 0.111. The molecule has 1 amide bonds. The van der Waals surface area contributed by atoms with Gasteiger partial charge in [-0.3, -0.25) is 14.9 Å². The number of nitrogens with zero attached hydrogens (tertiary/aromatic N) is 2. The van der Waals surface area contributed by atoms with Crippen LogP contribution in [0.1, 0.15) is 6.42 Å². The molecule has 0 atom stereocenters. The monoisotopic (exact) mass is 190 g/mol. The van der Waals surface area contributed by atoms with E-state index >= 15 is 0 Å². The summed E-state index contributed by atoms with van der Waals surface area (Å²) >= 11 is 0. The van der Waals surface area contributed by atoms with Gasteiger partial charge in [-0.05, 0) is 6.07 Å². The van der Waals surface area contributed by atoms with Crippen molar-refractivity contribution in [1.29, 1.82) is 0 Å². The molecule has 1 heterocycles. The number of hydrogen-bond acceptors (Lipinski definition) is 3. The van der Waals surface area contributed by atoms with E-state index in [-0.39, 0.29) is 18.0 Å². The molecule has 1 aliphatic rings. The first-order chi connectivity index (χ1) is 6.66. The van der Waals surface area contributed by atoms with Crippen LogP contribution in [-0.4, -0.2) is 10.8 Å². The van der Waals surface area contributed by atoms with Gasteiger partial charge >= 0.3 is 0 Å². The summed E-state index contributed by atoms with van der Waals surface area (Å²) in [7, 11) is 0. The molecule has 5 heteroatoms. The molecule has 0 unspecified atom stereocenters. The van der Waals surface area contributed by atoms with E-state index in [2.05, 4.69) is 4.99 Å². The molecule has 0 spiro atoms. The fourth-order valence-corrected chi connectivity index (χ4v) is 1.30. The number of hydrogen-bond donors (Lipinski definition) is 0. The van der Waals surface area contributed by atoms with E-state index in [1.165, 1.54) is 18.2 Å². The Hall–Kier alpha value is -2.04. The normalized spacial score (nSPS) is 13.9. The predicted molar refractivity (Wildman–Crippen MR) is 48.0 cm³/mol. The van der Waals surface area contributed by atoms with Crippen LogP contribution in [0.15, 0.2) is 23.2 Å². The van der Waals surface area contributed by atoms with Gasteiger partial charge in [-0.25, -0.2) is 4.99 Å². The molecule has 70 valence electrons. The number of carbonyl (C=O) groups is 1. The van der Waals surface area contributed by atoms with Gasteiger partial charge in [0.25, 0.3) is 5.69 Å². The second-order valence-corrected chi connectivity index (χ2v) is 2.91. The quantitative estimate of drug-likeness (QED) is 0.459. The molecule has 0 saturated heterocycles. The first-order valence-corrected chi connectivity index (χ1v) is 4.03. The van der Waals surface area contributed by atoms with Gasteiger partial charge in [0.1, 0.15) is 0 Å². The Balaban J connectivity index is 2.68. The van der Waals surface area contributed by atoms with E-state index in [1.54, 1.807) is 6.08 Å². The van der Waals surface area contributed by atoms with Gasteiger partial charge in [0.15, 0.2) is 0 Å². The molecule has 0 radical (unpaired) electrons. The molecule has 1 aromatic carbocycles. The first kappa shape index (κ1) is 8.55. The molecule has 5 nitrogen and oxygen atoms in total. The van der Waals surface area contributed by atoms with Gasteiger partial charge in [-0.15, -0.1) is 0 Å². The van der Waals surface area contributed by atoms with Crippen molar-refractivity contribution >= 4 is 17.7 Å². The SMILES string of the molecule is O=C1CC=c2cc([N+](=O)[O-])ccc2=N1. The van der Waals surface area contributed by atoms with E-state index in [4.69, 9.17) is 0 Å². The Morgan fingerprint density at radius 2 is 2.21 bits per heavy atom. The van der Waals surface area contributed by atoms with Crippen LogP contribution in [0.2, 0.25) is 0 Å². The molecule has 1 aromatic rings. The van der Waals surface area contributed by atoms with Gasteiger partial charge < -0.3 is 0 Å². The third-order valence-electron chi connectivity index (χ3n) is 1.96. The van der Waals surface area contributed by atoms with Crippen molar-refractivity contribution in [2.75, 3.05) is 0 Å². The Morgan fingerprint density at radius 3 is 2.93 bits per heavy atom. The van der Waals surface area contributed by atoms with Gasteiger partial charge in [0.05, 0.1) is 10.3 Å². The Bertz CT molecular complexity index is 533. The van der Waals surface area contributed by atoms with E-state index in [9.17, 15) is 14.9 Å². The van der Waals surface area contributed by atoms with Crippen LogP contribution in [0.5, 0.6) is 0 Å². The number of fused-ring (bicyclic) bond motifs is 1. The molecule has 1 aliphatic heterocycles. The Kier molecular flexibility index (Phi) is 1.85. The highest BCUT2D eigenvalue weighted by Crippen LogP contribution is 2.04. The lowest BCUT2D eigenvalue weighted by Gasteiger charge is -1.97. The van der Waals surface area contributed by atoms with E-state index in [1.807, 2.05) is 0 Å². The zero-order valence-electron chi connectivity index (χ0n) is 7.14. The average Bonchev–Trinajstić information content (AvgIpc) is 2.16. The second kappa shape index (κ2) is 3.02. The van der Waals surface area contributed by atoms with E-state index < -0.39 is 4.92 Å². The zero-order valence-corrected chi connectivity index (χ0v) is 7.14. The summed E-state index contributed by atoms with van der Waals surface area (Å²) in [6.07, 6.45) is 1.87. The summed E-state index contributed by atoms with van der Waals surface area (Å²) in [4.78, 5) is 24.6. The lowest BCUT2D eigenvalue weighted by atomic mass is 10.2. The molecule has 0 bridgehead atoms. The molecule has 0 saturated carbocycles. The van der Waals surface area contributed by atoms with Crippen molar-refractivity contribution in [2.45, 2.75) is 6.42 Å². The average molecular weight is 190 g/mol. The fourth-order valence-electron chi connectivity index (χ4n) is 1.30. The maximum Gasteiger partial charge on any atom is 0.270 e. The smallest absolute Gasteiger partial charge is 0.270 e. The van der Waals surface area contributed by atoms with Gasteiger partial charge in [-0.2, -0.15) is 0 Å². The third-order valence-corrected chi connectivity index (χ3v) is 1.96. The zero-order chi connectivity index (χ0) is 10.1. The van der Waals surface area contributed by atoms with Crippen LogP contribution in [-0.2, 0) is 4.79 Å². The van der Waals surface area contributed by atoms with Crippen molar-refractivity contribution in [1.82, 2.24) is 0 Å². The minimum Gasteiger partial charge on any atom is -0.272 e. The molecule has 14 heavy (non-hydrogen) atoms. The highest BCUT2D eigenvalue weighted by Gasteiger charge is 2.07. The largest absolute Gasteiger partial charge is 0.272 e. The Labute approximate surface area is 78.5 Å². The molecule has 0 N–H and O–H groups in total. The number of non-ortho nitro benzene ring substituents is 1. The summed E-state index contributed by atoms with van der Waals surface area (Å²) in [6.45, 7) is 0.